The van der Waals surface area contributed by atoms with Gasteiger partial charge in [0.2, 0.25) is 11.8 Å². The van der Waals surface area contributed by atoms with Crippen molar-refractivity contribution in [3.05, 3.63) is 17.3 Å². The van der Waals surface area contributed by atoms with Crippen LogP contribution in [0.4, 0.5) is 0 Å². The Hall–Kier alpha value is -2.89. The lowest BCUT2D eigenvalue weighted by atomic mass is 9.94. The SMILES string of the molecule is Cc1noc(C)c1-c1nc(CC(NC(=O)C2(NC(=O)C(S)C(C)C)CCCC2)C(=O)O)no1. The van der Waals surface area contributed by atoms with Gasteiger partial charge in [-0.25, -0.2) is 4.79 Å². The highest BCUT2D eigenvalue weighted by Crippen LogP contribution is 2.31. The van der Waals surface area contributed by atoms with Gasteiger partial charge in [-0.3, -0.25) is 9.59 Å². The van der Waals surface area contributed by atoms with Gasteiger partial charge in [-0.1, -0.05) is 37.0 Å². The quantitative estimate of drug-likeness (QED) is 0.393. The molecule has 180 valence electrons. The summed E-state index contributed by atoms with van der Waals surface area (Å²) in [5.41, 5.74) is -0.0583. The second kappa shape index (κ2) is 9.94. The zero-order chi connectivity index (χ0) is 24.3. The van der Waals surface area contributed by atoms with Crippen molar-refractivity contribution in [2.45, 2.75) is 76.6 Å². The van der Waals surface area contributed by atoms with Gasteiger partial charge in [-0.05, 0) is 32.6 Å². The van der Waals surface area contributed by atoms with Gasteiger partial charge in [-0.2, -0.15) is 17.6 Å². The van der Waals surface area contributed by atoms with Gasteiger partial charge in [0.25, 0.3) is 5.89 Å². The molecule has 2 atom stereocenters. The summed E-state index contributed by atoms with van der Waals surface area (Å²) in [5.74, 6) is -1.40. The second-order valence-corrected chi connectivity index (χ2v) is 9.31. The van der Waals surface area contributed by atoms with Crippen LogP contribution in [0, 0.1) is 19.8 Å². The van der Waals surface area contributed by atoms with Crippen LogP contribution in [0.1, 0.15) is 56.8 Å². The van der Waals surface area contributed by atoms with Crippen LogP contribution in [-0.2, 0) is 20.8 Å². The minimum absolute atomic E-state index is 0.0215. The molecular weight excluding hydrogens is 450 g/mol. The first-order valence-corrected chi connectivity index (χ1v) is 11.4. The lowest BCUT2D eigenvalue weighted by Gasteiger charge is -2.31. The molecule has 2 amide bonds. The fourth-order valence-corrected chi connectivity index (χ4v) is 3.97. The van der Waals surface area contributed by atoms with Crippen molar-refractivity contribution in [2.75, 3.05) is 0 Å². The molecule has 2 unspecified atom stereocenters. The number of aromatic nitrogens is 3. The Labute approximate surface area is 196 Å². The second-order valence-electron chi connectivity index (χ2n) is 8.75. The smallest absolute Gasteiger partial charge is 0.326 e. The van der Waals surface area contributed by atoms with Crippen molar-refractivity contribution in [1.29, 1.82) is 0 Å². The number of aryl methyl sites for hydroxylation is 2. The van der Waals surface area contributed by atoms with Crippen molar-refractivity contribution in [3.8, 4) is 11.5 Å². The highest BCUT2D eigenvalue weighted by Gasteiger charge is 2.44. The van der Waals surface area contributed by atoms with E-state index < -0.39 is 28.7 Å². The maximum Gasteiger partial charge on any atom is 0.326 e. The van der Waals surface area contributed by atoms with E-state index in [9.17, 15) is 19.5 Å². The van der Waals surface area contributed by atoms with Crippen molar-refractivity contribution < 1.29 is 28.5 Å². The van der Waals surface area contributed by atoms with Gasteiger partial charge in [0.1, 0.15) is 22.9 Å². The number of hydrogen-bond acceptors (Lipinski definition) is 9. The van der Waals surface area contributed by atoms with Crippen LogP contribution in [0.15, 0.2) is 9.05 Å². The molecule has 0 bridgehead atoms. The minimum Gasteiger partial charge on any atom is -0.480 e. The highest BCUT2D eigenvalue weighted by molar-refractivity contribution is 7.81. The number of carboxylic acids is 1. The maximum atomic E-state index is 13.2. The number of carbonyl (C=O) groups excluding carboxylic acids is 2. The van der Waals surface area contributed by atoms with E-state index in [2.05, 4.69) is 38.6 Å². The molecule has 3 rings (SSSR count). The summed E-state index contributed by atoms with van der Waals surface area (Å²) in [6, 6.07) is -1.31. The van der Waals surface area contributed by atoms with Crippen LogP contribution < -0.4 is 10.6 Å². The van der Waals surface area contributed by atoms with E-state index >= 15 is 0 Å². The van der Waals surface area contributed by atoms with E-state index in [0.717, 1.165) is 12.8 Å². The first-order valence-electron chi connectivity index (χ1n) is 10.8. The Morgan fingerprint density at radius 1 is 1.15 bits per heavy atom. The monoisotopic (exact) mass is 479 g/mol. The summed E-state index contributed by atoms with van der Waals surface area (Å²) in [5, 5.41) is 22.2. The summed E-state index contributed by atoms with van der Waals surface area (Å²) < 4.78 is 10.3. The van der Waals surface area contributed by atoms with Crippen LogP contribution in [-0.4, -0.2) is 55.0 Å². The van der Waals surface area contributed by atoms with Crippen LogP contribution in [0.3, 0.4) is 0 Å². The molecule has 1 saturated carbocycles. The van der Waals surface area contributed by atoms with Gasteiger partial charge < -0.3 is 24.8 Å². The molecule has 2 aromatic heterocycles. The van der Waals surface area contributed by atoms with E-state index in [-0.39, 0.29) is 30.0 Å². The van der Waals surface area contributed by atoms with Crippen LogP contribution in [0.2, 0.25) is 0 Å². The minimum atomic E-state index is -1.31. The molecule has 0 spiro atoms. The molecule has 0 aliphatic heterocycles. The number of carbonyl (C=O) groups is 3. The Balaban J connectivity index is 1.74. The molecule has 1 fully saturated rings. The van der Waals surface area contributed by atoms with Gasteiger partial charge in [-0.15, -0.1) is 0 Å². The number of rotatable bonds is 9. The first kappa shape index (κ1) is 24.7. The third-order valence-electron chi connectivity index (χ3n) is 5.86. The summed E-state index contributed by atoms with van der Waals surface area (Å²) in [7, 11) is 0. The van der Waals surface area contributed by atoms with Crippen LogP contribution >= 0.6 is 12.6 Å². The molecule has 2 aromatic rings. The van der Waals surface area contributed by atoms with Crippen molar-refractivity contribution in [3.63, 3.8) is 0 Å². The van der Waals surface area contributed by atoms with Crippen molar-refractivity contribution in [2.24, 2.45) is 5.92 Å². The van der Waals surface area contributed by atoms with E-state index in [1.165, 1.54) is 0 Å². The molecular formula is C21H29N5O6S. The largest absolute Gasteiger partial charge is 0.480 e. The number of hydrogen-bond donors (Lipinski definition) is 4. The van der Waals surface area contributed by atoms with E-state index in [1.54, 1.807) is 13.8 Å². The summed E-state index contributed by atoms with van der Waals surface area (Å²) >= 11 is 4.33. The standard InChI is InChI=1S/C21H29N5O6S/c1-10(2)16(33)17(27)24-21(7-5-6-8-21)20(30)22-13(19(28)29)9-14-23-18(32-26-14)15-11(3)25-31-12(15)4/h10,13,16,33H,5-9H2,1-4H3,(H,22,30)(H,24,27)(H,28,29). The molecule has 11 nitrogen and oxygen atoms in total. The van der Waals surface area contributed by atoms with E-state index in [1.807, 2.05) is 13.8 Å². The topological polar surface area (TPSA) is 160 Å². The van der Waals surface area contributed by atoms with E-state index in [4.69, 9.17) is 9.05 Å². The molecule has 1 aliphatic carbocycles. The van der Waals surface area contributed by atoms with Gasteiger partial charge in [0.15, 0.2) is 5.82 Å². The van der Waals surface area contributed by atoms with Crippen LogP contribution in [0.25, 0.3) is 11.5 Å². The lowest BCUT2D eigenvalue weighted by Crippen LogP contribution is -2.61. The number of nitrogens with one attached hydrogen (secondary N) is 2. The third kappa shape index (κ3) is 5.37. The Morgan fingerprint density at radius 3 is 2.36 bits per heavy atom. The predicted molar refractivity (Wildman–Crippen MR) is 119 cm³/mol. The fourth-order valence-electron chi connectivity index (χ4n) is 3.91. The van der Waals surface area contributed by atoms with E-state index in [0.29, 0.717) is 29.9 Å². The average molecular weight is 480 g/mol. The average Bonchev–Trinajstić information content (AvgIpc) is 3.48. The lowest BCUT2D eigenvalue weighted by molar-refractivity contribution is -0.143. The molecule has 12 heteroatoms. The summed E-state index contributed by atoms with van der Waals surface area (Å²) in [6.45, 7) is 7.14. The number of thiol groups is 1. The molecule has 1 aliphatic rings. The number of carboxylic acid groups (broad SMARTS) is 1. The summed E-state index contributed by atoms with van der Waals surface area (Å²) in [6.07, 6.45) is 2.15. The number of amides is 2. The van der Waals surface area contributed by atoms with Gasteiger partial charge in [0, 0.05) is 6.42 Å². The predicted octanol–water partition coefficient (Wildman–Crippen LogP) is 1.84. The fraction of sp³-hybridized carbons (Fsp3) is 0.619. The highest BCUT2D eigenvalue weighted by atomic mass is 32.1. The first-order chi connectivity index (χ1) is 15.5. The zero-order valence-electron chi connectivity index (χ0n) is 19.0. The number of aliphatic carboxylic acids is 1. The summed E-state index contributed by atoms with van der Waals surface area (Å²) in [4.78, 5) is 41.9. The van der Waals surface area contributed by atoms with Crippen molar-refractivity contribution in [1.82, 2.24) is 25.9 Å². The van der Waals surface area contributed by atoms with Gasteiger partial charge in [0.05, 0.1) is 10.9 Å². The Morgan fingerprint density at radius 2 is 1.82 bits per heavy atom. The number of nitrogens with zero attached hydrogens (tertiary/aromatic N) is 3. The van der Waals surface area contributed by atoms with Gasteiger partial charge >= 0.3 is 5.97 Å². The normalized spacial score (nSPS) is 17.0. The Bertz CT molecular complexity index is 1010. The third-order valence-corrected chi connectivity index (χ3v) is 6.69. The molecule has 0 saturated heterocycles. The molecule has 0 aromatic carbocycles. The zero-order valence-corrected chi connectivity index (χ0v) is 19.9. The maximum absolute atomic E-state index is 13.2. The molecule has 3 N–H and O–H groups in total. The molecule has 0 radical (unpaired) electrons. The Kier molecular flexibility index (Phi) is 7.45. The molecule has 2 heterocycles. The van der Waals surface area contributed by atoms with Crippen LogP contribution in [0.5, 0.6) is 0 Å². The molecule has 33 heavy (non-hydrogen) atoms. The van der Waals surface area contributed by atoms with Crippen molar-refractivity contribution >= 4 is 30.4 Å².